The largest absolute Gasteiger partial charge is 0.510 e. The summed E-state index contributed by atoms with van der Waals surface area (Å²) in [7, 11) is 0. The van der Waals surface area contributed by atoms with Gasteiger partial charge in [-0.25, -0.2) is 4.79 Å². The Morgan fingerprint density at radius 3 is 3.25 bits per heavy atom. The number of aliphatic hydroxyl groups excluding tert-OH is 1. The first-order valence-electron chi connectivity index (χ1n) is 3.58. The summed E-state index contributed by atoms with van der Waals surface area (Å²) in [4.78, 5) is 14.7. The average molecular weight is 165 g/mol. The maximum atomic E-state index is 10.8. The van der Waals surface area contributed by atoms with Crippen LogP contribution in [0, 0.1) is 0 Å². The summed E-state index contributed by atoms with van der Waals surface area (Å²) in [6, 6.07) is -0.437. The van der Waals surface area contributed by atoms with Crippen molar-refractivity contribution in [2.24, 2.45) is 4.99 Å². The lowest BCUT2D eigenvalue weighted by Gasteiger charge is -2.25. The van der Waals surface area contributed by atoms with E-state index in [0.29, 0.717) is 0 Å². The van der Waals surface area contributed by atoms with Crippen LogP contribution in [0.25, 0.3) is 0 Å². The van der Waals surface area contributed by atoms with Crippen LogP contribution in [0.15, 0.2) is 29.0 Å². The van der Waals surface area contributed by atoms with E-state index in [0.717, 1.165) is 6.08 Å². The number of ether oxygens (including phenoxy) is 1. The van der Waals surface area contributed by atoms with Crippen LogP contribution in [-0.4, -0.2) is 29.4 Å². The molecule has 2 heterocycles. The minimum Gasteiger partial charge on any atom is -0.510 e. The predicted molar refractivity (Wildman–Crippen MR) is 42.0 cm³/mol. The van der Waals surface area contributed by atoms with Gasteiger partial charge in [-0.1, -0.05) is 0 Å². The van der Waals surface area contributed by atoms with E-state index in [1.807, 2.05) is 0 Å². The van der Waals surface area contributed by atoms with E-state index in [2.05, 4.69) is 4.99 Å². The third-order valence-electron chi connectivity index (χ3n) is 1.77. The third-order valence-corrected chi connectivity index (χ3v) is 1.77. The van der Waals surface area contributed by atoms with Gasteiger partial charge in [-0.2, -0.15) is 0 Å². The molecule has 0 amide bonds. The topological polar surface area (TPSA) is 58.9 Å². The molecule has 0 fully saturated rings. The fourth-order valence-electron chi connectivity index (χ4n) is 1.21. The summed E-state index contributed by atoms with van der Waals surface area (Å²) in [5.74, 6) is -0.549. The van der Waals surface area contributed by atoms with Crippen LogP contribution in [0.4, 0.5) is 0 Å². The summed E-state index contributed by atoms with van der Waals surface area (Å²) in [5.41, 5.74) is 0. The molecule has 2 rings (SSSR count). The zero-order valence-corrected chi connectivity index (χ0v) is 6.18. The van der Waals surface area contributed by atoms with Gasteiger partial charge in [-0.05, 0) is 12.2 Å². The second-order valence-corrected chi connectivity index (χ2v) is 2.60. The molecule has 1 N–H and O–H groups in total. The van der Waals surface area contributed by atoms with Crippen molar-refractivity contribution in [2.75, 3.05) is 0 Å². The highest BCUT2D eigenvalue weighted by atomic mass is 16.5. The standard InChI is InChI=1S/C8H7NO3/c10-5-4-7(11)12-6-2-1-3-9-8(5)6/h1-4,6,8,10H. The van der Waals surface area contributed by atoms with Crippen molar-refractivity contribution in [3.8, 4) is 0 Å². The van der Waals surface area contributed by atoms with Gasteiger partial charge in [0.25, 0.3) is 0 Å². The van der Waals surface area contributed by atoms with Gasteiger partial charge < -0.3 is 9.84 Å². The van der Waals surface area contributed by atoms with Crippen molar-refractivity contribution in [1.82, 2.24) is 0 Å². The average Bonchev–Trinajstić information content (AvgIpc) is 2.04. The zero-order chi connectivity index (χ0) is 8.55. The molecule has 2 aliphatic rings. The number of carbonyl (C=O) groups is 1. The van der Waals surface area contributed by atoms with Crippen molar-refractivity contribution >= 4 is 12.2 Å². The van der Waals surface area contributed by atoms with E-state index in [-0.39, 0.29) is 5.76 Å². The lowest BCUT2D eigenvalue weighted by Crippen LogP contribution is -2.35. The molecular weight excluding hydrogens is 158 g/mol. The first-order chi connectivity index (χ1) is 5.77. The summed E-state index contributed by atoms with van der Waals surface area (Å²) in [6.45, 7) is 0. The Balaban J connectivity index is 2.34. The highest BCUT2D eigenvalue weighted by Crippen LogP contribution is 2.20. The molecule has 4 nitrogen and oxygen atoms in total. The molecule has 2 aliphatic heterocycles. The molecular formula is C8H7NO3. The van der Waals surface area contributed by atoms with Crippen molar-refractivity contribution in [1.29, 1.82) is 0 Å². The zero-order valence-electron chi connectivity index (χ0n) is 6.18. The molecule has 0 spiro atoms. The fraction of sp³-hybridized carbons (Fsp3) is 0.250. The van der Waals surface area contributed by atoms with Crippen molar-refractivity contribution < 1.29 is 14.6 Å². The normalized spacial score (nSPS) is 32.3. The minimum absolute atomic E-state index is 0.0307. The second kappa shape index (κ2) is 2.48. The molecule has 2 atom stereocenters. The van der Waals surface area contributed by atoms with E-state index in [1.54, 1.807) is 18.4 Å². The molecule has 62 valence electrons. The van der Waals surface area contributed by atoms with E-state index in [1.165, 1.54) is 0 Å². The first-order valence-corrected chi connectivity index (χ1v) is 3.58. The lowest BCUT2D eigenvalue weighted by molar-refractivity contribution is -0.143. The number of esters is 1. The van der Waals surface area contributed by atoms with Gasteiger partial charge in [0.05, 0.1) is 6.08 Å². The van der Waals surface area contributed by atoms with Crippen molar-refractivity contribution in [2.45, 2.75) is 12.1 Å². The number of nitrogens with zero attached hydrogens (tertiary/aromatic N) is 1. The monoisotopic (exact) mass is 165 g/mol. The summed E-state index contributed by atoms with van der Waals surface area (Å²) in [5, 5.41) is 9.29. The Hall–Kier alpha value is -1.58. The summed E-state index contributed by atoms with van der Waals surface area (Å²) in [6.07, 6.45) is 5.57. The number of hydrogen-bond donors (Lipinski definition) is 1. The van der Waals surface area contributed by atoms with Gasteiger partial charge in [-0.3, -0.25) is 4.99 Å². The van der Waals surface area contributed by atoms with Gasteiger partial charge in [0, 0.05) is 6.21 Å². The van der Waals surface area contributed by atoms with Crippen LogP contribution in [-0.2, 0) is 9.53 Å². The van der Waals surface area contributed by atoms with Crippen molar-refractivity contribution in [3.05, 3.63) is 24.0 Å². The molecule has 0 aromatic carbocycles. The molecule has 0 saturated carbocycles. The molecule has 0 aliphatic carbocycles. The molecule has 0 radical (unpaired) electrons. The molecule has 12 heavy (non-hydrogen) atoms. The molecule has 0 aromatic heterocycles. The number of carbonyl (C=O) groups excluding carboxylic acids is 1. The Labute approximate surface area is 68.9 Å². The van der Waals surface area contributed by atoms with Crippen LogP contribution < -0.4 is 0 Å². The molecule has 4 heteroatoms. The third kappa shape index (κ3) is 1.01. The van der Waals surface area contributed by atoms with Crippen LogP contribution in [0.5, 0.6) is 0 Å². The Morgan fingerprint density at radius 2 is 2.42 bits per heavy atom. The maximum Gasteiger partial charge on any atom is 0.334 e. The highest BCUT2D eigenvalue weighted by Gasteiger charge is 2.31. The smallest absolute Gasteiger partial charge is 0.334 e. The van der Waals surface area contributed by atoms with Gasteiger partial charge in [0.2, 0.25) is 0 Å². The van der Waals surface area contributed by atoms with Crippen LogP contribution in [0.3, 0.4) is 0 Å². The number of hydrogen-bond acceptors (Lipinski definition) is 4. The number of rotatable bonds is 0. The van der Waals surface area contributed by atoms with Crippen LogP contribution in [0.2, 0.25) is 0 Å². The summed E-state index contributed by atoms with van der Waals surface area (Å²) >= 11 is 0. The molecule has 0 aromatic rings. The van der Waals surface area contributed by atoms with Crippen LogP contribution >= 0.6 is 0 Å². The number of aliphatic hydroxyl groups is 1. The number of dihydropyridines is 1. The van der Waals surface area contributed by atoms with Crippen LogP contribution in [0.1, 0.15) is 0 Å². The Bertz CT molecular complexity index is 303. The lowest BCUT2D eigenvalue weighted by atomic mass is 10.0. The van der Waals surface area contributed by atoms with Gasteiger partial charge in [0.15, 0.2) is 6.10 Å². The van der Waals surface area contributed by atoms with E-state index < -0.39 is 18.1 Å². The van der Waals surface area contributed by atoms with E-state index in [9.17, 15) is 9.90 Å². The molecule has 2 unspecified atom stereocenters. The SMILES string of the molecule is O=C1C=C(O)C2N=CC=CC2O1. The van der Waals surface area contributed by atoms with Crippen molar-refractivity contribution in [3.63, 3.8) is 0 Å². The molecule has 0 bridgehead atoms. The second-order valence-electron chi connectivity index (χ2n) is 2.60. The van der Waals surface area contributed by atoms with E-state index in [4.69, 9.17) is 4.74 Å². The maximum absolute atomic E-state index is 10.8. The number of aliphatic imine (C=N–C) groups is 1. The minimum atomic E-state index is -0.518. The Kier molecular flexibility index (Phi) is 1.46. The molecule has 0 saturated heterocycles. The van der Waals surface area contributed by atoms with E-state index >= 15 is 0 Å². The quantitative estimate of drug-likeness (QED) is 0.527. The van der Waals surface area contributed by atoms with Gasteiger partial charge in [-0.15, -0.1) is 0 Å². The highest BCUT2D eigenvalue weighted by molar-refractivity contribution is 5.85. The van der Waals surface area contributed by atoms with Gasteiger partial charge in [0.1, 0.15) is 11.8 Å². The predicted octanol–water partition coefficient (Wildman–Crippen LogP) is 0.363. The number of allylic oxidation sites excluding steroid dienone is 1. The summed E-state index contributed by atoms with van der Waals surface area (Å²) < 4.78 is 4.88. The fourth-order valence-corrected chi connectivity index (χ4v) is 1.21. The Morgan fingerprint density at radius 1 is 1.58 bits per heavy atom. The number of fused-ring (bicyclic) bond motifs is 1. The first kappa shape index (κ1) is 7.09. The van der Waals surface area contributed by atoms with Gasteiger partial charge >= 0.3 is 5.97 Å².